The van der Waals surface area contributed by atoms with E-state index < -0.39 is 119 Å². The Morgan fingerprint density at radius 2 is 0.674 bits per heavy atom. The number of aliphatic hydroxyl groups excluding tert-OH is 1. The number of amides is 3. The lowest BCUT2D eigenvalue weighted by Crippen LogP contribution is -2.35. The van der Waals surface area contributed by atoms with E-state index in [0.717, 1.165) is 77.9 Å². The summed E-state index contributed by atoms with van der Waals surface area (Å²) in [6.07, 6.45) is 0. The average molecular weight is 1310 g/mol. The van der Waals surface area contributed by atoms with E-state index in [1.807, 2.05) is 30.3 Å². The smallest absolute Gasteiger partial charge is 0.387 e. The van der Waals surface area contributed by atoms with Crippen LogP contribution in [0.25, 0.3) is 33.4 Å². The van der Waals surface area contributed by atoms with E-state index in [4.69, 9.17) is 16.3 Å². The van der Waals surface area contributed by atoms with Gasteiger partial charge in [0.1, 0.15) is 74.3 Å². The number of hydrogen-bond donors (Lipinski definition) is 4. The maximum Gasteiger partial charge on any atom is 0.387 e. The number of benzene rings is 9. The minimum Gasteiger partial charge on any atom is -0.467 e. The Morgan fingerprint density at radius 1 is 0.391 bits per heavy atom. The maximum atomic E-state index is 13.9. The van der Waals surface area contributed by atoms with Gasteiger partial charge in [-0.25, -0.2) is 31.1 Å². The monoisotopic (exact) mass is 1310 g/mol. The first kappa shape index (κ1) is 70.8. The summed E-state index contributed by atoms with van der Waals surface area (Å²) in [7, 11) is 1.11. The lowest BCUT2D eigenvalue weighted by Gasteiger charge is -2.18. The Morgan fingerprint density at radius 3 is 0.967 bits per heavy atom. The first-order valence-electron chi connectivity index (χ1n) is 26.9. The van der Waals surface area contributed by atoms with Crippen molar-refractivity contribution in [2.75, 3.05) is 13.7 Å². The standard InChI is InChI=1S/C23H17F4NO4.C22H17F4NO3.C13H10F2O.C9H8ClF2NO/c1-31-22(30)20(28-21(29)19-17(24)3-2-4-18(19)25)15-7-5-13(6-8-15)14-9-11-16(12-10-14)32-23(26)27;23-17-2-1-3-18(24)20(17)21(29)27-19(12-28)15-6-4-13(5-7-15)14-8-10-16(11-9-14)30-22(25)26;14-13(15)16-12-8-6-11(7-9-12)10-4-2-1-3-5-10;1-5(10)13-9(14)8-6(11)3-2-4-7(8)12/h2-12,20,23H,1H3,(H,28,29);1-11,19,22,28H,12H2,(H,27,29);1-9,13H;2-5H,1H3,(H,13,14). The topological polar surface area (TPSA) is 162 Å². The molecule has 0 fully saturated rings. The van der Waals surface area contributed by atoms with Crippen LogP contribution in [0.15, 0.2) is 206 Å². The van der Waals surface area contributed by atoms with E-state index in [9.17, 15) is 77.0 Å². The SMILES string of the molecule is CC(Cl)NC(=O)c1c(F)cccc1F.COC(=O)C(NC(=O)c1c(F)cccc1F)c1ccc(-c2ccc(OC(F)F)cc2)cc1.FC(F)Oc1ccc(-c2ccccc2)cc1.O=C(NC(CO)c1ccc(-c2ccc(OC(F)F)cc2)cc1)c1c(F)cccc1F. The molecule has 0 bridgehead atoms. The van der Waals surface area contributed by atoms with Gasteiger partial charge in [-0.1, -0.05) is 145 Å². The second-order valence-electron chi connectivity index (χ2n) is 18.8. The normalized spacial score (nSPS) is 11.6. The van der Waals surface area contributed by atoms with Crippen LogP contribution in [0.5, 0.6) is 17.2 Å². The van der Waals surface area contributed by atoms with Gasteiger partial charge in [0.15, 0.2) is 6.04 Å². The van der Waals surface area contributed by atoms with Crippen molar-refractivity contribution >= 4 is 35.3 Å². The molecule has 0 heterocycles. The lowest BCUT2D eigenvalue weighted by molar-refractivity contribution is -0.143. The molecule has 9 rings (SSSR count). The van der Waals surface area contributed by atoms with Gasteiger partial charge in [-0.3, -0.25) is 14.4 Å². The number of ether oxygens (including phenoxy) is 4. The fourth-order valence-corrected chi connectivity index (χ4v) is 8.45. The molecule has 25 heteroatoms. The molecule has 0 saturated heterocycles. The molecule has 0 aromatic heterocycles. The van der Waals surface area contributed by atoms with Crippen LogP contribution >= 0.6 is 11.6 Å². The molecule has 480 valence electrons. The Kier molecular flexibility index (Phi) is 26.6. The fraction of sp³-hybridized carbons (Fsp3) is 0.134. The Hall–Kier alpha value is -10.3. The van der Waals surface area contributed by atoms with Crippen LogP contribution in [-0.2, 0) is 9.53 Å². The number of carbonyl (C=O) groups is 4. The van der Waals surface area contributed by atoms with Crippen LogP contribution in [-0.4, -0.2) is 67.8 Å². The van der Waals surface area contributed by atoms with Crippen molar-refractivity contribution in [2.24, 2.45) is 0 Å². The van der Waals surface area contributed by atoms with Gasteiger partial charge in [0.25, 0.3) is 17.7 Å². The molecule has 92 heavy (non-hydrogen) atoms. The van der Waals surface area contributed by atoms with E-state index in [0.29, 0.717) is 22.3 Å². The summed E-state index contributed by atoms with van der Waals surface area (Å²) in [4.78, 5) is 48.1. The number of halogens is 13. The van der Waals surface area contributed by atoms with Crippen LogP contribution < -0.4 is 30.2 Å². The van der Waals surface area contributed by atoms with Gasteiger partial charge >= 0.3 is 25.8 Å². The summed E-state index contributed by atoms with van der Waals surface area (Å²) in [6.45, 7) is -7.61. The number of alkyl halides is 7. The molecule has 4 N–H and O–H groups in total. The highest BCUT2D eigenvalue weighted by Crippen LogP contribution is 2.29. The van der Waals surface area contributed by atoms with Gasteiger partial charge in [-0.2, -0.15) is 26.3 Å². The maximum absolute atomic E-state index is 13.9. The van der Waals surface area contributed by atoms with E-state index in [1.54, 1.807) is 72.8 Å². The van der Waals surface area contributed by atoms with E-state index >= 15 is 0 Å². The molecular weight excluding hydrogens is 1250 g/mol. The van der Waals surface area contributed by atoms with Crippen LogP contribution in [0.4, 0.5) is 52.7 Å². The molecule has 0 saturated carbocycles. The Balaban J connectivity index is 0.000000206. The van der Waals surface area contributed by atoms with Crippen LogP contribution in [0.3, 0.4) is 0 Å². The minimum absolute atomic E-state index is 0.00853. The zero-order valence-corrected chi connectivity index (χ0v) is 48.7. The quantitative estimate of drug-likeness (QED) is 0.0267. The van der Waals surface area contributed by atoms with Crippen molar-refractivity contribution in [1.82, 2.24) is 16.0 Å². The Bertz CT molecular complexity index is 3800. The summed E-state index contributed by atoms with van der Waals surface area (Å²) in [5, 5.41) is 16.5. The molecule has 3 amide bonds. The van der Waals surface area contributed by atoms with Crippen molar-refractivity contribution in [3.05, 3.63) is 269 Å². The molecule has 0 aliphatic heterocycles. The van der Waals surface area contributed by atoms with Gasteiger partial charge in [0.05, 0.1) is 19.8 Å². The van der Waals surface area contributed by atoms with E-state index in [-0.39, 0.29) is 17.2 Å². The summed E-state index contributed by atoms with van der Waals surface area (Å²) in [5.74, 6) is -9.52. The number of esters is 1. The van der Waals surface area contributed by atoms with Crippen LogP contribution in [0, 0.1) is 34.9 Å². The third-order valence-corrected chi connectivity index (χ3v) is 12.8. The van der Waals surface area contributed by atoms with Crippen molar-refractivity contribution < 1.29 is 95.9 Å². The molecule has 9 aromatic carbocycles. The summed E-state index contributed by atoms with van der Waals surface area (Å²) < 4.78 is 172. The first-order chi connectivity index (χ1) is 44.0. The predicted molar refractivity (Wildman–Crippen MR) is 317 cm³/mol. The molecule has 0 aliphatic carbocycles. The number of rotatable bonds is 19. The highest BCUT2D eigenvalue weighted by atomic mass is 35.5. The highest BCUT2D eigenvalue weighted by molar-refractivity contribution is 6.21. The molecule has 9 aromatic rings. The largest absolute Gasteiger partial charge is 0.467 e. The van der Waals surface area contributed by atoms with E-state index in [1.165, 1.54) is 61.5 Å². The third-order valence-electron chi connectivity index (χ3n) is 12.7. The van der Waals surface area contributed by atoms with Gasteiger partial charge in [-0.15, -0.1) is 0 Å². The number of aliphatic hydroxyl groups is 1. The molecule has 12 nitrogen and oxygen atoms in total. The average Bonchev–Trinajstić information content (AvgIpc) is 0.945. The molecular formula is C67H52ClF12N3O9. The Labute approximate surface area is 522 Å². The number of nitrogens with one attached hydrogen (secondary N) is 3. The second-order valence-corrected chi connectivity index (χ2v) is 19.5. The molecule has 3 atom stereocenters. The third kappa shape index (κ3) is 20.9. The molecule has 0 spiro atoms. The van der Waals surface area contributed by atoms with Gasteiger partial charge in [-0.05, 0) is 124 Å². The van der Waals surface area contributed by atoms with Gasteiger partial charge < -0.3 is 40.0 Å². The molecule has 3 unspecified atom stereocenters. The predicted octanol–water partition coefficient (Wildman–Crippen LogP) is 15.8. The van der Waals surface area contributed by atoms with Gasteiger partial charge in [0, 0.05) is 0 Å². The summed E-state index contributed by atoms with van der Waals surface area (Å²) >= 11 is 5.45. The van der Waals surface area contributed by atoms with Crippen molar-refractivity contribution in [1.29, 1.82) is 0 Å². The minimum atomic E-state index is -2.93. The zero-order chi connectivity index (χ0) is 67.0. The van der Waals surface area contributed by atoms with Crippen molar-refractivity contribution in [3.63, 3.8) is 0 Å². The van der Waals surface area contributed by atoms with Crippen LogP contribution in [0.1, 0.15) is 61.2 Å². The van der Waals surface area contributed by atoms with Crippen LogP contribution in [0.2, 0.25) is 0 Å². The first-order valence-corrected chi connectivity index (χ1v) is 27.4. The summed E-state index contributed by atoms with van der Waals surface area (Å²) in [6, 6.07) is 48.3. The lowest BCUT2D eigenvalue weighted by atomic mass is 10.00. The van der Waals surface area contributed by atoms with Gasteiger partial charge in [0.2, 0.25) is 0 Å². The number of carbonyl (C=O) groups excluding carboxylic acids is 4. The molecule has 0 aliphatic rings. The number of methoxy groups -OCH3 is 1. The van der Waals surface area contributed by atoms with E-state index in [2.05, 4.69) is 30.2 Å². The highest BCUT2D eigenvalue weighted by Gasteiger charge is 2.28. The molecule has 0 radical (unpaired) electrons. The fourth-order valence-electron chi connectivity index (χ4n) is 8.35. The van der Waals surface area contributed by atoms with Crippen molar-refractivity contribution in [2.45, 2.75) is 44.3 Å². The summed E-state index contributed by atoms with van der Waals surface area (Å²) in [5.41, 5.74) is 2.88. The van der Waals surface area contributed by atoms with Crippen molar-refractivity contribution in [3.8, 4) is 50.6 Å². The number of hydrogen-bond acceptors (Lipinski definition) is 9. The zero-order valence-electron chi connectivity index (χ0n) is 47.9. The second kappa shape index (κ2) is 34.6.